The Morgan fingerprint density at radius 1 is 1.65 bits per heavy atom. The fraction of sp³-hybridized carbons (Fsp3) is 0.333. The second kappa shape index (κ2) is 5.81. The second-order valence-electron chi connectivity index (χ2n) is 4.19. The summed E-state index contributed by atoms with van der Waals surface area (Å²) in [7, 11) is 6.61. The first-order chi connectivity index (χ1) is 9.51. The van der Waals surface area contributed by atoms with Gasteiger partial charge in [-0.25, -0.2) is 14.0 Å². The van der Waals surface area contributed by atoms with Crippen LogP contribution in [0.1, 0.15) is 0 Å². The first kappa shape index (κ1) is 14.2. The van der Waals surface area contributed by atoms with Crippen molar-refractivity contribution < 1.29 is 23.5 Å². The maximum absolute atomic E-state index is 13.4. The number of alkyl carbamates (subject to hydrolysis) is 1. The van der Waals surface area contributed by atoms with Crippen molar-refractivity contribution in [3.05, 3.63) is 24.0 Å². The average Bonchev–Trinajstić information content (AvgIpc) is 2.80. The topological polar surface area (TPSA) is 67.9 Å². The average molecular weight is 278 g/mol. The van der Waals surface area contributed by atoms with Crippen molar-refractivity contribution in [2.24, 2.45) is 0 Å². The molecule has 1 aliphatic heterocycles. The summed E-state index contributed by atoms with van der Waals surface area (Å²) < 4.78 is 22.8. The van der Waals surface area contributed by atoms with E-state index in [4.69, 9.17) is 12.6 Å². The van der Waals surface area contributed by atoms with Crippen molar-refractivity contribution in [2.45, 2.75) is 6.10 Å². The molecule has 2 amide bonds. The number of ether oxygens (including phenoxy) is 2. The zero-order chi connectivity index (χ0) is 14.7. The van der Waals surface area contributed by atoms with E-state index in [0.717, 1.165) is 6.07 Å². The number of carbonyl (C=O) groups excluding carboxylic acids is 2. The van der Waals surface area contributed by atoms with E-state index in [-0.39, 0.29) is 18.6 Å². The summed E-state index contributed by atoms with van der Waals surface area (Å²) in [5, 5.41) is 2.43. The van der Waals surface area contributed by atoms with Gasteiger partial charge < -0.3 is 14.8 Å². The highest BCUT2D eigenvalue weighted by molar-refractivity contribution is 6.32. The summed E-state index contributed by atoms with van der Waals surface area (Å²) in [6.07, 6.45) is -1.74. The van der Waals surface area contributed by atoms with Gasteiger partial charge in [0, 0.05) is 0 Å². The Kier molecular flexibility index (Phi) is 4.12. The van der Waals surface area contributed by atoms with Crippen LogP contribution in [0.15, 0.2) is 18.2 Å². The molecule has 0 bridgehead atoms. The molecule has 104 valence electrons. The molecule has 1 N–H and O–H groups in total. The number of hydrogen-bond donors (Lipinski definition) is 1. The van der Waals surface area contributed by atoms with E-state index in [1.165, 1.54) is 24.1 Å². The van der Waals surface area contributed by atoms with E-state index < -0.39 is 24.1 Å². The maximum Gasteiger partial charge on any atom is 0.414 e. The van der Waals surface area contributed by atoms with Gasteiger partial charge in [0.25, 0.3) is 0 Å². The number of nitrogens with zero attached hydrogens (tertiary/aromatic N) is 1. The number of benzene rings is 1. The van der Waals surface area contributed by atoms with Gasteiger partial charge in [0.1, 0.15) is 19.8 Å². The van der Waals surface area contributed by atoms with Crippen LogP contribution in [0.25, 0.3) is 0 Å². The molecule has 0 aromatic heterocycles. The van der Waals surface area contributed by atoms with Gasteiger partial charge in [-0.3, -0.25) is 4.90 Å². The minimum atomic E-state index is -0.613. The number of carbonyl (C=O) groups is 2. The Balaban J connectivity index is 2.01. The number of methoxy groups -OCH3 is 1. The molecular weight excluding hydrogens is 266 g/mol. The number of halogens is 1. The molecule has 1 fully saturated rings. The molecule has 0 spiro atoms. The largest absolute Gasteiger partial charge is 0.453 e. The SMILES string of the molecule is [B]c1ccc(N2C[C@H](CNC(=O)OC)OC2=O)cc1F. The molecule has 0 unspecified atom stereocenters. The number of cyclic esters (lactones) is 1. The second-order valence-corrected chi connectivity index (χ2v) is 4.19. The summed E-state index contributed by atoms with van der Waals surface area (Å²) in [6.45, 7) is 0.318. The lowest BCUT2D eigenvalue weighted by Crippen LogP contribution is -2.34. The van der Waals surface area contributed by atoms with Gasteiger partial charge in [0.2, 0.25) is 0 Å². The molecule has 1 atom stereocenters. The van der Waals surface area contributed by atoms with Gasteiger partial charge >= 0.3 is 12.2 Å². The van der Waals surface area contributed by atoms with E-state index in [2.05, 4.69) is 10.1 Å². The number of amides is 2. The highest BCUT2D eigenvalue weighted by Gasteiger charge is 2.32. The van der Waals surface area contributed by atoms with Gasteiger partial charge in [0.15, 0.2) is 0 Å². The Bertz CT molecular complexity index is 540. The van der Waals surface area contributed by atoms with Crippen LogP contribution < -0.4 is 15.7 Å². The molecule has 1 heterocycles. The zero-order valence-corrected chi connectivity index (χ0v) is 10.8. The highest BCUT2D eigenvalue weighted by Crippen LogP contribution is 2.21. The Morgan fingerprint density at radius 2 is 2.40 bits per heavy atom. The molecular formula is C12H12BFN2O4. The van der Waals surface area contributed by atoms with Crippen molar-refractivity contribution >= 4 is 31.2 Å². The van der Waals surface area contributed by atoms with E-state index in [1.54, 1.807) is 0 Å². The van der Waals surface area contributed by atoms with Gasteiger partial charge in [-0.05, 0) is 12.1 Å². The predicted molar refractivity (Wildman–Crippen MR) is 69.8 cm³/mol. The van der Waals surface area contributed by atoms with E-state index >= 15 is 0 Å². The quantitative estimate of drug-likeness (QED) is 0.807. The molecule has 20 heavy (non-hydrogen) atoms. The Hall–Kier alpha value is -2.25. The first-order valence-corrected chi connectivity index (χ1v) is 5.86. The van der Waals surface area contributed by atoms with Crippen LogP contribution in [0.2, 0.25) is 0 Å². The van der Waals surface area contributed by atoms with E-state index in [0.29, 0.717) is 5.69 Å². The van der Waals surface area contributed by atoms with Crippen LogP contribution in [-0.4, -0.2) is 46.3 Å². The molecule has 0 aliphatic carbocycles. The summed E-state index contributed by atoms with van der Waals surface area (Å²) in [6, 6.07) is 4.06. The molecule has 1 aromatic rings. The maximum atomic E-state index is 13.4. The summed E-state index contributed by atoms with van der Waals surface area (Å²) in [5.41, 5.74) is 0.354. The lowest BCUT2D eigenvalue weighted by atomic mass is 9.95. The number of anilines is 1. The normalized spacial score (nSPS) is 17.8. The van der Waals surface area contributed by atoms with Gasteiger partial charge in [-0.15, -0.1) is 0 Å². The summed E-state index contributed by atoms with van der Waals surface area (Å²) >= 11 is 0. The molecule has 1 aliphatic rings. The molecule has 1 aromatic carbocycles. The van der Waals surface area contributed by atoms with Crippen molar-refractivity contribution in [3.63, 3.8) is 0 Å². The third-order valence-electron chi connectivity index (χ3n) is 2.83. The smallest absolute Gasteiger partial charge is 0.414 e. The minimum Gasteiger partial charge on any atom is -0.453 e. The molecule has 2 rings (SSSR count). The standard InChI is InChI=1S/C12H12BFN2O4/c1-19-11(17)15-5-8-6-16(12(18)20-8)7-2-3-9(13)10(14)4-7/h2-4,8H,5-6H2,1H3,(H,15,17)/t8-/m0/s1. The number of nitrogens with one attached hydrogen (secondary N) is 1. The van der Waals surface area contributed by atoms with Crippen molar-refractivity contribution in [3.8, 4) is 0 Å². The Morgan fingerprint density at radius 3 is 3.05 bits per heavy atom. The van der Waals surface area contributed by atoms with Crippen LogP contribution in [0.3, 0.4) is 0 Å². The molecule has 2 radical (unpaired) electrons. The predicted octanol–water partition coefficient (Wildman–Crippen LogP) is 0.301. The van der Waals surface area contributed by atoms with E-state index in [9.17, 15) is 14.0 Å². The van der Waals surface area contributed by atoms with Crippen molar-refractivity contribution in [1.82, 2.24) is 5.32 Å². The van der Waals surface area contributed by atoms with Crippen LogP contribution in [-0.2, 0) is 9.47 Å². The van der Waals surface area contributed by atoms with Crippen LogP contribution in [0.4, 0.5) is 19.7 Å². The van der Waals surface area contributed by atoms with Crippen molar-refractivity contribution in [1.29, 1.82) is 0 Å². The monoisotopic (exact) mass is 278 g/mol. The van der Waals surface area contributed by atoms with Crippen molar-refractivity contribution in [2.75, 3.05) is 25.1 Å². The molecule has 0 saturated carbocycles. The Labute approximate surface area is 116 Å². The third kappa shape index (κ3) is 3.01. The lowest BCUT2D eigenvalue weighted by Gasteiger charge is -2.13. The third-order valence-corrected chi connectivity index (χ3v) is 2.83. The van der Waals surface area contributed by atoms with Gasteiger partial charge in [0.05, 0.1) is 25.9 Å². The lowest BCUT2D eigenvalue weighted by molar-refractivity contribution is 0.132. The van der Waals surface area contributed by atoms with Gasteiger partial charge in [-0.1, -0.05) is 11.5 Å². The van der Waals surface area contributed by atoms with E-state index in [1.807, 2.05) is 0 Å². The first-order valence-electron chi connectivity index (χ1n) is 5.86. The minimum absolute atomic E-state index is 0.00484. The molecule has 6 nitrogen and oxygen atoms in total. The fourth-order valence-corrected chi connectivity index (χ4v) is 1.79. The fourth-order valence-electron chi connectivity index (χ4n) is 1.79. The van der Waals surface area contributed by atoms with Crippen LogP contribution >= 0.6 is 0 Å². The summed E-state index contributed by atoms with van der Waals surface area (Å²) in [5.74, 6) is -0.605. The molecule has 8 heteroatoms. The zero-order valence-electron chi connectivity index (χ0n) is 10.8. The van der Waals surface area contributed by atoms with Crippen LogP contribution in [0, 0.1) is 5.82 Å². The summed E-state index contributed by atoms with van der Waals surface area (Å²) in [4.78, 5) is 23.9. The van der Waals surface area contributed by atoms with Crippen LogP contribution in [0.5, 0.6) is 0 Å². The molecule has 1 saturated heterocycles. The van der Waals surface area contributed by atoms with Gasteiger partial charge in [-0.2, -0.15) is 0 Å². The number of hydrogen-bond acceptors (Lipinski definition) is 4. The highest BCUT2D eigenvalue weighted by atomic mass is 19.1. The number of rotatable bonds is 3.